The Balaban J connectivity index is 0.00000128. The molecule has 0 bridgehead atoms. The molecule has 0 fully saturated rings. The van der Waals surface area contributed by atoms with Gasteiger partial charge in [-0.1, -0.05) is 11.6 Å². The van der Waals surface area contributed by atoms with Crippen LogP contribution in [0.25, 0.3) is 0 Å². The third kappa shape index (κ3) is 3.36. The number of amides is 1. The van der Waals surface area contributed by atoms with Gasteiger partial charge in [-0.2, -0.15) is 5.10 Å². The van der Waals surface area contributed by atoms with Crippen LogP contribution in [-0.4, -0.2) is 35.7 Å². The van der Waals surface area contributed by atoms with Crippen molar-refractivity contribution in [3.05, 3.63) is 29.6 Å². The van der Waals surface area contributed by atoms with E-state index in [0.717, 1.165) is 19.5 Å². The van der Waals surface area contributed by atoms with E-state index >= 15 is 0 Å². The number of halogens is 1. The van der Waals surface area contributed by atoms with Gasteiger partial charge in [-0.3, -0.25) is 9.89 Å². The maximum absolute atomic E-state index is 11.5. The Morgan fingerprint density at radius 1 is 1.56 bits per heavy atom. The van der Waals surface area contributed by atoms with Crippen LogP contribution in [0.2, 0.25) is 0 Å². The predicted molar refractivity (Wildman–Crippen MR) is 63.7 cm³/mol. The number of H-pyrrole nitrogens is 1. The van der Waals surface area contributed by atoms with Gasteiger partial charge in [-0.25, -0.2) is 0 Å². The van der Waals surface area contributed by atoms with Crippen molar-refractivity contribution < 1.29 is 4.79 Å². The van der Waals surface area contributed by atoms with Gasteiger partial charge in [0.2, 0.25) is 0 Å². The summed E-state index contributed by atoms with van der Waals surface area (Å²) in [6.45, 7) is 2.51. The molecule has 2 heterocycles. The summed E-state index contributed by atoms with van der Waals surface area (Å²) in [4.78, 5) is 11.5. The molecule has 3 N–H and O–H groups in total. The number of carbonyl (C=O) groups excluding carboxylic acids is 1. The van der Waals surface area contributed by atoms with Gasteiger partial charge in [-0.05, 0) is 19.0 Å². The topological polar surface area (TPSA) is 69.8 Å². The number of hydrogen-bond acceptors (Lipinski definition) is 3. The van der Waals surface area contributed by atoms with Crippen molar-refractivity contribution in [1.29, 1.82) is 0 Å². The fourth-order valence-corrected chi connectivity index (χ4v) is 1.50. The average molecular weight is 243 g/mol. The van der Waals surface area contributed by atoms with Crippen LogP contribution in [0.3, 0.4) is 0 Å². The Morgan fingerprint density at radius 3 is 3.06 bits per heavy atom. The van der Waals surface area contributed by atoms with Crippen LogP contribution in [0, 0.1) is 0 Å². The fourth-order valence-electron chi connectivity index (χ4n) is 1.50. The van der Waals surface area contributed by atoms with E-state index in [1.165, 1.54) is 5.57 Å². The molecule has 1 aliphatic rings. The molecule has 0 radical (unpaired) electrons. The van der Waals surface area contributed by atoms with Crippen LogP contribution in [0.15, 0.2) is 23.9 Å². The second kappa shape index (κ2) is 6.30. The molecule has 0 unspecified atom stereocenters. The van der Waals surface area contributed by atoms with E-state index < -0.39 is 0 Å². The predicted octanol–water partition coefficient (Wildman–Crippen LogP) is 0.481. The Bertz CT molecular complexity index is 361. The molecule has 16 heavy (non-hydrogen) atoms. The van der Waals surface area contributed by atoms with Gasteiger partial charge in [0, 0.05) is 19.3 Å². The van der Waals surface area contributed by atoms with Crippen LogP contribution >= 0.6 is 12.4 Å². The van der Waals surface area contributed by atoms with Gasteiger partial charge >= 0.3 is 0 Å². The van der Waals surface area contributed by atoms with Crippen molar-refractivity contribution in [1.82, 2.24) is 20.8 Å². The Morgan fingerprint density at radius 2 is 2.44 bits per heavy atom. The zero-order valence-electron chi connectivity index (χ0n) is 8.82. The minimum Gasteiger partial charge on any atom is -0.347 e. The Labute approximate surface area is 100 Å². The number of nitrogens with zero attached hydrogens (tertiary/aromatic N) is 1. The molecule has 1 aromatic heterocycles. The van der Waals surface area contributed by atoms with Crippen LogP contribution in [-0.2, 0) is 0 Å². The fraction of sp³-hybridized carbons (Fsp3) is 0.400. The summed E-state index contributed by atoms with van der Waals surface area (Å²) in [5.74, 6) is -0.105. The third-order valence-electron chi connectivity index (χ3n) is 2.38. The molecule has 1 aromatic rings. The van der Waals surface area contributed by atoms with E-state index in [9.17, 15) is 4.79 Å². The normalized spacial score (nSPS) is 14.9. The standard InChI is InChI=1S/C10H14N4O.ClH/c15-10(9-3-6-13-14-9)12-7-8-1-4-11-5-2-8;/h1,3,6,11H,2,4-5,7H2,(H,12,15)(H,13,14);1H. The van der Waals surface area contributed by atoms with Crippen LogP contribution in [0.4, 0.5) is 0 Å². The second-order valence-electron chi connectivity index (χ2n) is 3.47. The molecule has 88 valence electrons. The summed E-state index contributed by atoms with van der Waals surface area (Å²) < 4.78 is 0. The van der Waals surface area contributed by atoms with Gasteiger partial charge in [-0.15, -0.1) is 12.4 Å². The van der Waals surface area contributed by atoms with Crippen LogP contribution < -0.4 is 10.6 Å². The monoisotopic (exact) mass is 242 g/mol. The highest BCUT2D eigenvalue weighted by molar-refractivity contribution is 5.92. The van der Waals surface area contributed by atoms with Crippen molar-refractivity contribution in [2.75, 3.05) is 19.6 Å². The highest BCUT2D eigenvalue weighted by Crippen LogP contribution is 2.02. The number of carbonyl (C=O) groups is 1. The summed E-state index contributed by atoms with van der Waals surface area (Å²) in [5.41, 5.74) is 1.78. The molecule has 6 heteroatoms. The van der Waals surface area contributed by atoms with Gasteiger partial charge < -0.3 is 10.6 Å². The zero-order valence-corrected chi connectivity index (χ0v) is 9.64. The summed E-state index contributed by atoms with van der Waals surface area (Å²) in [7, 11) is 0. The molecule has 0 aromatic carbocycles. The molecule has 1 amide bonds. The molecule has 0 saturated heterocycles. The number of aromatic nitrogens is 2. The SMILES string of the molecule is Cl.O=C(NCC1=CCNCC1)c1ccn[nH]1. The molecule has 0 saturated carbocycles. The highest BCUT2D eigenvalue weighted by atomic mass is 35.5. The maximum atomic E-state index is 11.5. The number of aromatic amines is 1. The van der Waals surface area contributed by atoms with Crippen LogP contribution in [0.5, 0.6) is 0 Å². The molecule has 1 aliphatic heterocycles. The Hall–Kier alpha value is -1.33. The summed E-state index contributed by atoms with van der Waals surface area (Å²) in [6, 6.07) is 1.66. The molecule has 0 atom stereocenters. The maximum Gasteiger partial charge on any atom is 0.269 e. The number of nitrogens with one attached hydrogen (secondary N) is 3. The molecular weight excluding hydrogens is 228 g/mol. The van der Waals surface area contributed by atoms with E-state index in [4.69, 9.17) is 0 Å². The smallest absolute Gasteiger partial charge is 0.269 e. The van der Waals surface area contributed by atoms with Gasteiger partial charge in [0.15, 0.2) is 0 Å². The lowest BCUT2D eigenvalue weighted by Gasteiger charge is -2.14. The van der Waals surface area contributed by atoms with E-state index in [-0.39, 0.29) is 18.3 Å². The number of rotatable bonds is 3. The lowest BCUT2D eigenvalue weighted by atomic mass is 10.1. The first-order valence-electron chi connectivity index (χ1n) is 5.02. The zero-order chi connectivity index (χ0) is 10.5. The molecule has 2 rings (SSSR count). The summed E-state index contributed by atoms with van der Waals surface area (Å²) >= 11 is 0. The van der Waals surface area contributed by atoms with Crippen LogP contribution in [0.1, 0.15) is 16.9 Å². The molecular formula is C10H15ClN4O. The van der Waals surface area contributed by atoms with Crippen molar-refractivity contribution >= 4 is 18.3 Å². The van der Waals surface area contributed by atoms with Gasteiger partial charge in [0.05, 0.1) is 0 Å². The van der Waals surface area contributed by atoms with Gasteiger partial charge in [0.25, 0.3) is 5.91 Å². The second-order valence-corrected chi connectivity index (χ2v) is 3.47. The minimum atomic E-state index is -0.105. The molecule has 0 spiro atoms. The van der Waals surface area contributed by atoms with E-state index in [0.29, 0.717) is 12.2 Å². The van der Waals surface area contributed by atoms with E-state index in [1.807, 2.05) is 0 Å². The van der Waals surface area contributed by atoms with Crippen molar-refractivity contribution in [3.63, 3.8) is 0 Å². The minimum absolute atomic E-state index is 0. The summed E-state index contributed by atoms with van der Waals surface area (Å²) in [5, 5.41) is 12.4. The lowest BCUT2D eigenvalue weighted by Crippen LogP contribution is -2.29. The Kier molecular flexibility index (Phi) is 5.01. The van der Waals surface area contributed by atoms with Crippen molar-refractivity contribution in [2.45, 2.75) is 6.42 Å². The highest BCUT2D eigenvalue weighted by Gasteiger charge is 2.08. The largest absolute Gasteiger partial charge is 0.347 e. The molecule has 5 nitrogen and oxygen atoms in total. The van der Waals surface area contributed by atoms with Gasteiger partial charge in [0.1, 0.15) is 5.69 Å². The molecule has 0 aliphatic carbocycles. The first kappa shape index (κ1) is 12.7. The van der Waals surface area contributed by atoms with E-state index in [1.54, 1.807) is 12.3 Å². The quantitative estimate of drug-likeness (QED) is 0.676. The lowest BCUT2D eigenvalue weighted by molar-refractivity contribution is 0.0951. The first-order valence-corrected chi connectivity index (χ1v) is 5.02. The van der Waals surface area contributed by atoms with Crippen molar-refractivity contribution in [2.24, 2.45) is 0 Å². The van der Waals surface area contributed by atoms with Crippen molar-refractivity contribution in [3.8, 4) is 0 Å². The third-order valence-corrected chi connectivity index (χ3v) is 2.38. The number of hydrogen-bond donors (Lipinski definition) is 3. The van der Waals surface area contributed by atoms with E-state index in [2.05, 4.69) is 26.9 Å². The summed E-state index contributed by atoms with van der Waals surface area (Å²) in [6.07, 6.45) is 4.69. The average Bonchev–Trinajstić information content (AvgIpc) is 2.81. The first-order chi connectivity index (χ1) is 7.36.